The summed E-state index contributed by atoms with van der Waals surface area (Å²) in [6, 6.07) is 0. The highest BCUT2D eigenvalue weighted by molar-refractivity contribution is 7.09. The first-order valence-electron chi connectivity index (χ1n) is 4.17. The number of carbonyl (C=O) groups excluding carboxylic acids is 1. The third-order valence-electron chi connectivity index (χ3n) is 2.14. The van der Waals surface area contributed by atoms with Crippen LogP contribution in [0.2, 0.25) is 0 Å². The number of hydrogen-bond acceptors (Lipinski definition) is 4. The van der Waals surface area contributed by atoms with E-state index in [1.54, 1.807) is 11.3 Å². The van der Waals surface area contributed by atoms with Gasteiger partial charge in [0.25, 0.3) is 0 Å². The van der Waals surface area contributed by atoms with Gasteiger partial charge in [0, 0.05) is 24.4 Å². The van der Waals surface area contributed by atoms with Gasteiger partial charge < -0.3 is 5.73 Å². The minimum absolute atomic E-state index is 0.257. The number of aromatic nitrogens is 1. The van der Waals surface area contributed by atoms with Crippen LogP contribution >= 0.6 is 11.3 Å². The molecule has 4 nitrogen and oxygen atoms in total. The van der Waals surface area contributed by atoms with Crippen LogP contribution < -0.4 is 5.73 Å². The van der Waals surface area contributed by atoms with Crippen molar-refractivity contribution in [3.05, 3.63) is 16.1 Å². The molecule has 70 valence electrons. The first kappa shape index (κ1) is 8.65. The second-order valence-electron chi connectivity index (χ2n) is 3.15. The average Bonchev–Trinajstić information content (AvgIpc) is 2.49. The van der Waals surface area contributed by atoms with Crippen LogP contribution in [0.1, 0.15) is 10.6 Å². The lowest BCUT2D eigenvalue weighted by Gasteiger charge is -2.24. The molecule has 0 saturated heterocycles. The maximum atomic E-state index is 10.7. The Hall–Kier alpha value is -0.940. The molecule has 1 amide bonds. The highest BCUT2D eigenvalue weighted by Crippen LogP contribution is 2.20. The SMILES string of the molecule is NC(=O)CN1CCc2ncsc2C1. The maximum absolute atomic E-state index is 10.7. The van der Waals surface area contributed by atoms with Crippen LogP contribution in [0.25, 0.3) is 0 Å². The largest absolute Gasteiger partial charge is 0.369 e. The van der Waals surface area contributed by atoms with Crippen LogP contribution in [0.15, 0.2) is 5.51 Å². The normalized spacial score (nSPS) is 16.9. The summed E-state index contributed by atoms with van der Waals surface area (Å²) in [4.78, 5) is 18.3. The summed E-state index contributed by atoms with van der Waals surface area (Å²) >= 11 is 1.65. The predicted molar refractivity (Wildman–Crippen MR) is 50.3 cm³/mol. The Morgan fingerprint density at radius 1 is 1.77 bits per heavy atom. The Labute approximate surface area is 80.4 Å². The van der Waals surface area contributed by atoms with Gasteiger partial charge in [-0.2, -0.15) is 0 Å². The van der Waals surface area contributed by atoms with Gasteiger partial charge in [-0.15, -0.1) is 11.3 Å². The van der Waals surface area contributed by atoms with E-state index in [1.165, 1.54) is 10.6 Å². The van der Waals surface area contributed by atoms with Crippen molar-refractivity contribution in [1.82, 2.24) is 9.88 Å². The molecule has 0 atom stereocenters. The number of carbonyl (C=O) groups is 1. The van der Waals surface area contributed by atoms with E-state index in [4.69, 9.17) is 5.73 Å². The molecule has 5 heteroatoms. The van der Waals surface area contributed by atoms with E-state index in [9.17, 15) is 4.79 Å². The van der Waals surface area contributed by atoms with Crippen molar-refractivity contribution in [3.8, 4) is 0 Å². The van der Waals surface area contributed by atoms with E-state index in [1.807, 2.05) is 5.51 Å². The van der Waals surface area contributed by atoms with Gasteiger partial charge in [0.15, 0.2) is 0 Å². The molecule has 0 aromatic carbocycles. The van der Waals surface area contributed by atoms with Gasteiger partial charge in [0.1, 0.15) is 0 Å². The van der Waals surface area contributed by atoms with E-state index in [-0.39, 0.29) is 5.91 Å². The molecule has 1 aromatic heterocycles. The minimum Gasteiger partial charge on any atom is -0.369 e. The van der Waals surface area contributed by atoms with Crippen LogP contribution in [0.5, 0.6) is 0 Å². The Morgan fingerprint density at radius 2 is 2.62 bits per heavy atom. The number of nitrogens with two attached hydrogens (primary N) is 1. The van der Waals surface area contributed by atoms with Crippen molar-refractivity contribution < 1.29 is 4.79 Å². The maximum Gasteiger partial charge on any atom is 0.231 e. The molecule has 0 fully saturated rings. The summed E-state index contributed by atoms with van der Waals surface area (Å²) in [5, 5.41) is 0. The third kappa shape index (κ3) is 1.87. The molecule has 1 aromatic rings. The predicted octanol–water partition coefficient (Wildman–Crippen LogP) is -0.0135. The Morgan fingerprint density at radius 3 is 3.38 bits per heavy atom. The van der Waals surface area contributed by atoms with Crippen molar-refractivity contribution in [2.24, 2.45) is 5.73 Å². The Kier molecular flexibility index (Phi) is 2.28. The van der Waals surface area contributed by atoms with Gasteiger partial charge >= 0.3 is 0 Å². The number of thiazole rings is 1. The topological polar surface area (TPSA) is 59.2 Å². The van der Waals surface area contributed by atoms with Crippen LogP contribution in [0.4, 0.5) is 0 Å². The van der Waals surface area contributed by atoms with Gasteiger partial charge in [-0.25, -0.2) is 4.98 Å². The minimum atomic E-state index is -0.257. The van der Waals surface area contributed by atoms with Crippen molar-refractivity contribution in [2.45, 2.75) is 13.0 Å². The van der Waals surface area contributed by atoms with Crippen LogP contribution in [0, 0.1) is 0 Å². The number of rotatable bonds is 2. The summed E-state index contributed by atoms with van der Waals surface area (Å²) < 4.78 is 0. The third-order valence-corrected chi connectivity index (χ3v) is 3.00. The number of amides is 1. The fraction of sp³-hybridized carbons (Fsp3) is 0.500. The zero-order valence-electron chi connectivity index (χ0n) is 7.19. The summed E-state index contributed by atoms with van der Waals surface area (Å²) in [5.41, 5.74) is 8.17. The highest BCUT2D eigenvalue weighted by Gasteiger charge is 2.18. The van der Waals surface area contributed by atoms with Crippen LogP contribution in [-0.4, -0.2) is 28.9 Å². The molecule has 2 heterocycles. The fourth-order valence-electron chi connectivity index (χ4n) is 1.53. The van der Waals surface area contributed by atoms with Gasteiger partial charge in [0.05, 0.1) is 17.7 Å². The smallest absolute Gasteiger partial charge is 0.231 e. The Balaban J connectivity index is 2.04. The van der Waals surface area contributed by atoms with Gasteiger partial charge in [-0.1, -0.05) is 0 Å². The molecule has 0 spiro atoms. The van der Waals surface area contributed by atoms with E-state index in [2.05, 4.69) is 9.88 Å². The van der Waals surface area contributed by atoms with Crippen molar-refractivity contribution in [1.29, 1.82) is 0 Å². The van der Waals surface area contributed by atoms with Crippen LogP contribution in [0.3, 0.4) is 0 Å². The Bertz CT molecular complexity index is 323. The molecule has 0 aliphatic carbocycles. The number of nitrogens with zero attached hydrogens (tertiary/aromatic N) is 2. The summed E-state index contributed by atoms with van der Waals surface area (Å²) in [6.45, 7) is 2.07. The molecule has 13 heavy (non-hydrogen) atoms. The molecule has 0 bridgehead atoms. The first-order chi connectivity index (χ1) is 6.25. The molecule has 0 saturated carbocycles. The lowest BCUT2D eigenvalue weighted by molar-refractivity contribution is -0.119. The zero-order chi connectivity index (χ0) is 9.26. The highest BCUT2D eigenvalue weighted by atomic mass is 32.1. The second-order valence-corrected chi connectivity index (χ2v) is 4.09. The quantitative estimate of drug-likeness (QED) is 0.725. The van der Waals surface area contributed by atoms with Gasteiger partial charge in [-0.05, 0) is 0 Å². The number of primary amides is 1. The summed E-state index contributed by atoms with van der Waals surface area (Å²) in [6.07, 6.45) is 0.937. The van der Waals surface area contributed by atoms with E-state index in [0.717, 1.165) is 19.5 Å². The van der Waals surface area contributed by atoms with E-state index in [0.29, 0.717) is 6.54 Å². The average molecular weight is 197 g/mol. The van der Waals surface area contributed by atoms with E-state index >= 15 is 0 Å². The summed E-state index contributed by atoms with van der Waals surface area (Å²) in [5.74, 6) is -0.257. The second kappa shape index (κ2) is 3.43. The van der Waals surface area contributed by atoms with Gasteiger partial charge in [0.2, 0.25) is 5.91 Å². The number of hydrogen-bond donors (Lipinski definition) is 1. The van der Waals surface area contributed by atoms with Crippen molar-refractivity contribution >= 4 is 17.2 Å². The zero-order valence-corrected chi connectivity index (χ0v) is 8.01. The van der Waals surface area contributed by atoms with Crippen molar-refractivity contribution in [2.75, 3.05) is 13.1 Å². The van der Waals surface area contributed by atoms with Gasteiger partial charge in [-0.3, -0.25) is 9.69 Å². The monoisotopic (exact) mass is 197 g/mol. The first-order valence-corrected chi connectivity index (χ1v) is 5.05. The molecular formula is C8H11N3OS. The number of fused-ring (bicyclic) bond motifs is 1. The molecular weight excluding hydrogens is 186 g/mol. The lowest BCUT2D eigenvalue weighted by Crippen LogP contribution is -2.37. The molecule has 2 rings (SSSR count). The lowest BCUT2D eigenvalue weighted by atomic mass is 10.2. The molecule has 1 aliphatic heterocycles. The molecule has 0 unspecified atom stereocenters. The van der Waals surface area contributed by atoms with E-state index < -0.39 is 0 Å². The van der Waals surface area contributed by atoms with Crippen molar-refractivity contribution in [3.63, 3.8) is 0 Å². The standard InChI is InChI=1S/C8H11N3OS/c9-8(12)4-11-2-1-6-7(3-11)13-5-10-6/h5H,1-4H2,(H2,9,12). The molecule has 1 aliphatic rings. The van der Waals surface area contributed by atoms with Crippen LogP contribution in [-0.2, 0) is 17.8 Å². The molecule has 0 radical (unpaired) electrons. The fourth-order valence-corrected chi connectivity index (χ4v) is 2.38. The molecule has 2 N–H and O–H groups in total. The summed E-state index contributed by atoms with van der Waals surface area (Å²) in [7, 11) is 0.